The van der Waals surface area contributed by atoms with E-state index in [0.29, 0.717) is 11.0 Å². The van der Waals surface area contributed by atoms with Crippen molar-refractivity contribution in [1.82, 2.24) is 4.90 Å². The normalized spacial score (nSPS) is 34.5. The van der Waals surface area contributed by atoms with Crippen LogP contribution in [0.3, 0.4) is 0 Å². The second kappa shape index (κ2) is 5.43. The summed E-state index contributed by atoms with van der Waals surface area (Å²) in [7, 11) is 2.46. The van der Waals surface area contributed by atoms with Crippen molar-refractivity contribution in [2.75, 3.05) is 6.54 Å². The van der Waals surface area contributed by atoms with E-state index in [2.05, 4.69) is 68.1 Å². The second-order valence-corrected chi connectivity index (χ2v) is 8.91. The van der Waals surface area contributed by atoms with E-state index in [0.717, 1.165) is 11.7 Å². The molecule has 1 rings (SSSR count). The van der Waals surface area contributed by atoms with Gasteiger partial charge in [0, 0.05) is 11.1 Å². The molecule has 2 unspecified atom stereocenters. The standard InChI is InChI=1S/C17H36BN/c1-9-10-19-16(5,6)11-13(2)14(18)15(3,4)12-17(19,7)8/h13-14H,9-12,18H2,1-8H3. The Kier molecular flexibility index (Phi) is 4.88. The van der Waals surface area contributed by atoms with E-state index in [-0.39, 0.29) is 5.54 Å². The monoisotopic (exact) mass is 265 g/mol. The Hall–Kier alpha value is 0.0249. The molecule has 19 heavy (non-hydrogen) atoms. The molecule has 0 aromatic rings. The van der Waals surface area contributed by atoms with Crippen LogP contribution in [0.25, 0.3) is 0 Å². The maximum absolute atomic E-state index is 2.78. The van der Waals surface area contributed by atoms with Crippen LogP contribution in [0.4, 0.5) is 0 Å². The summed E-state index contributed by atoms with van der Waals surface area (Å²) >= 11 is 0. The number of nitrogens with zero attached hydrogens (tertiary/aromatic N) is 1. The van der Waals surface area contributed by atoms with Crippen LogP contribution in [0, 0.1) is 11.3 Å². The summed E-state index contributed by atoms with van der Waals surface area (Å²) in [6.45, 7) is 20.7. The maximum atomic E-state index is 2.78. The zero-order valence-electron chi connectivity index (χ0n) is 14.9. The molecular weight excluding hydrogens is 229 g/mol. The van der Waals surface area contributed by atoms with E-state index < -0.39 is 0 Å². The molecule has 0 aliphatic carbocycles. The van der Waals surface area contributed by atoms with Crippen LogP contribution in [0.1, 0.15) is 74.7 Å². The van der Waals surface area contributed by atoms with Crippen LogP contribution in [0.2, 0.25) is 5.82 Å². The van der Waals surface area contributed by atoms with Crippen molar-refractivity contribution in [3.8, 4) is 0 Å². The van der Waals surface area contributed by atoms with Gasteiger partial charge in [-0.15, -0.1) is 0 Å². The van der Waals surface area contributed by atoms with Crippen LogP contribution in [-0.2, 0) is 0 Å². The van der Waals surface area contributed by atoms with E-state index in [1.807, 2.05) is 0 Å². The number of hydrogen-bond acceptors (Lipinski definition) is 1. The molecule has 1 aliphatic heterocycles. The first-order valence-corrected chi connectivity index (χ1v) is 8.22. The van der Waals surface area contributed by atoms with Gasteiger partial charge in [-0.05, 0) is 64.8 Å². The molecule has 1 fully saturated rings. The van der Waals surface area contributed by atoms with Gasteiger partial charge in [0.15, 0.2) is 0 Å². The van der Waals surface area contributed by atoms with Crippen molar-refractivity contribution in [2.24, 2.45) is 11.3 Å². The summed E-state index contributed by atoms with van der Waals surface area (Å²) < 4.78 is 0. The van der Waals surface area contributed by atoms with Crippen molar-refractivity contribution >= 4 is 7.85 Å². The minimum absolute atomic E-state index is 0.289. The fraction of sp³-hybridized carbons (Fsp3) is 1.00. The molecule has 2 atom stereocenters. The summed E-state index contributed by atoms with van der Waals surface area (Å²) in [5.41, 5.74) is 1.02. The zero-order chi connectivity index (χ0) is 15.1. The maximum Gasteiger partial charge on any atom is 0.106 e. The average molecular weight is 265 g/mol. The van der Waals surface area contributed by atoms with Crippen LogP contribution in [0.5, 0.6) is 0 Å². The minimum Gasteiger partial charge on any atom is -0.293 e. The summed E-state index contributed by atoms with van der Waals surface area (Å²) in [5, 5.41) is 0. The molecule has 112 valence electrons. The van der Waals surface area contributed by atoms with Crippen molar-refractivity contribution in [2.45, 2.75) is 91.5 Å². The third-order valence-electron chi connectivity index (χ3n) is 5.70. The van der Waals surface area contributed by atoms with Crippen LogP contribution >= 0.6 is 0 Å². The van der Waals surface area contributed by atoms with Gasteiger partial charge in [-0.25, -0.2) is 0 Å². The summed E-state index contributed by atoms with van der Waals surface area (Å²) in [6.07, 6.45) is 3.84. The fourth-order valence-corrected chi connectivity index (χ4v) is 4.86. The third kappa shape index (κ3) is 3.57. The lowest BCUT2D eigenvalue weighted by Crippen LogP contribution is -2.59. The molecular formula is C17H36BN. The van der Waals surface area contributed by atoms with Gasteiger partial charge < -0.3 is 0 Å². The Bertz CT molecular complexity index is 306. The molecule has 0 aromatic heterocycles. The Morgan fingerprint density at radius 2 is 1.58 bits per heavy atom. The van der Waals surface area contributed by atoms with Crippen molar-refractivity contribution in [3.05, 3.63) is 0 Å². The van der Waals surface area contributed by atoms with Crippen molar-refractivity contribution in [1.29, 1.82) is 0 Å². The smallest absolute Gasteiger partial charge is 0.106 e. The van der Waals surface area contributed by atoms with Gasteiger partial charge in [0.1, 0.15) is 7.85 Å². The van der Waals surface area contributed by atoms with E-state index in [1.54, 1.807) is 0 Å². The van der Waals surface area contributed by atoms with E-state index in [1.165, 1.54) is 25.8 Å². The van der Waals surface area contributed by atoms with Gasteiger partial charge in [0.25, 0.3) is 0 Å². The van der Waals surface area contributed by atoms with Gasteiger partial charge in [0.2, 0.25) is 0 Å². The lowest BCUT2D eigenvalue weighted by molar-refractivity contribution is -0.0428. The Balaban J connectivity index is 3.17. The predicted octanol–water partition coefficient (Wildman–Crippen LogP) is 4.13. The molecule has 0 bridgehead atoms. The lowest BCUT2D eigenvalue weighted by atomic mass is 9.55. The molecule has 1 aliphatic rings. The lowest BCUT2D eigenvalue weighted by Gasteiger charge is -2.56. The summed E-state index contributed by atoms with van der Waals surface area (Å²) in [6, 6.07) is 0. The highest BCUT2D eigenvalue weighted by molar-refractivity contribution is 6.12. The van der Waals surface area contributed by atoms with Crippen LogP contribution in [-0.4, -0.2) is 30.4 Å². The van der Waals surface area contributed by atoms with Crippen LogP contribution < -0.4 is 0 Å². The molecule has 1 nitrogen and oxygen atoms in total. The van der Waals surface area contributed by atoms with Crippen molar-refractivity contribution < 1.29 is 0 Å². The fourth-order valence-electron chi connectivity index (χ4n) is 4.86. The minimum atomic E-state index is 0.289. The first kappa shape index (κ1) is 17.1. The molecule has 2 heteroatoms. The molecule has 1 saturated heterocycles. The number of hydrogen-bond donors (Lipinski definition) is 0. The van der Waals surface area contributed by atoms with E-state index in [4.69, 9.17) is 0 Å². The van der Waals surface area contributed by atoms with Gasteiger partial charge in [-0.1, -0.05) is 33.5 Å². The highest BCUT2D eigenvalue weighted by Crippen LogP contribution is 2.49. The molecule has 0 spiro atoms. The zero-order valence-corrected chi connectivity index (χ0v) is 14.9. The molecule has 0 radical (unpaired) electrons. The second-order valence-electron chi connectivity index (χ2n) is 8.91. The van der Waals surface area contributed by atoms with Gasteiger partial charge in [-0.2, -0.15) is 0 Å². The topological polar surface area (TPSA) is 3.24 Å². The van der Waals surface area contributed by atoms with Gasteiger partial charge in [0.05, 0.1) is 0 Å². The van der Waals surface area contributed by atoms with E-state index >= 15 is 0 Å². The molecule has 0 amide bonds. The SMILES string of the molecule is BC1C(C)CC(C)(C)N(CCC)C(C)(C)CC1(C)C. The van der Waals surface area contributed by atoms with Gasteiger partial charge >= 0.3 is 0 Å². The first-order valence-electron chi connectivity index (χ1n) is 8.22. The first-order chi connectivity index (χ1) is 8.44. The Morgan fingerprint density at radius 3 is 2.05 bits per heavy atom. The molecule has 0 N–H and O–H groups in total. The van der Waals surface area contributed by atoms with Gasteiger partial charge in [-0.3, -0.25) is 4.90 Å². The largest absolute Gasteiger partial charge is 0.293 e. The quantitative estimate of drug-likeness (QED) is 0.678. The molecule has 0 saturated carbocycles. The summed E-state index contributed by atoms with van der Waals surface area (Å²) in [5.74, 6) is 1.58. The molecule has 1 heterocycles. The predicted molar refractivity (Wildman–Crippen MR) is 89.6 cm³/mol. The highest BCUT2D eigenvalue weighted by atomic mass is 15.2. The number of likely N-dealkylation sites (tertiary alicyclic amines) is 1. The highest BCUT2D eigenvalue weighted by Gasteiger charge is 2.46. The molecule has 0 aromatic carbocycles. The number of rotatable bonds is 2. The average Bonchev–Trinajstić information content (AvgIpc) is 2.20. The van der Waals surface area contributed by atoms with Crippen LogP contribution in [0.15, 0.2) is 0 Å². The Labute approximate surface area is 122 Å². The third-order valence-corrected chi connectivity index (χ3v) is 5.70. The Morgan fingerprint density at radius 1 is 1.05 bits per heavy atom. The van der Waals surface area contributed by atoms with Crippen molar-refractivity contribution in [3.63, 3.8) is 0 Å². The van der Waals surface area contributed by atoms with E-state index in [9.17, 15) is 0 Å². The summed E-state index contributed by atoms with van der Waals surface area (Å²) in [4.78, 5) is 2.78.